The Balaban J connectivity index is 1.62. The van der Waals surface area contributed by atoms with Crippen LogP contribution in [0.2, 0.25) is 0 Å². The monoisotopic (exact) mass is 559 g/mol. The highest BCUT2D eigenvalue weighted by atomic mass is 16.5. The molecule has 4 aromatic rings. The molecule has 0 saturated heterocycles. The van der Waals surface area contributed by atoms with Crippen LogP contribution in [0.25, 0.3) is 28.1 Å². The number of carboxylic acid groups (broad SMARTS) is 4. The van der Waals surface area contributed by atoms with Crippen LogP contribution in [-0.2, 0) is 4.74 Å². The summed E-state index contributed by atoms with van der Waals surface area (Å²) in [6.07, 6.45) is 0. The molecule has 0 bridgehead atoms. The number of carboxylic acids is 4. The molecule has 0 unspecified atom stereocenters. The van der Waals surface area contributed by atoms with Gasteiger partial charge >= 0.3 is 35.5 Å². The van der Waals surface area contributed by atoms with Crippen LogP contribution < -0.4 is 5.63 Å². The van der Waals surface area contributed by atoms with Crippen LogP contribution >= 0.6 is 0 Å². The van der Waals surface area contributed by atoms with Crippen LogP contribution in [0.5, 0.6) is 0 Å². The standard InChI is InChI=1S/C28H17NO12/c1-11-7-16(23(30)31)17(24(32)33)8-15(11)27(38)40-12(2)13-3-5-14(6-4-13)22-29-21-10-19(26(36)37)18(25(34)35)9-20(21)28(39)41-22/h3-10H,2H2,1H3,(H,30,31)(H,32,33)(H,34,35)(H,36,37). The molecule has 0 aliphatic rings. The average molecular weight is 559 g/mol. The fraction of sp³-hybridized carbons (Fsp3) is 0.0357. The van der Waals surface area contributed by atoms with Gasteiger partial charge in [-0.25, -0.2) is 33.8 Å². The smallest absolute Gasteiger partial charge is 0.347 e. The van der Waals surface area contributed by atoms with Gasteiger partial charge < -0.3 is 29.6 Å². The summed E-state index contributed by atoms with van der Waals surface area (Å²) in [4.78, 5) is 75.1. The topological polar surface area (TPSA) is 219 Å². The molecule has 13 nitrogen and oxygen atoms in total. The van der Waals surface area contributed by atoms with Crippen LogP contribution in [0.15, 0.2) is 64.3 Å². The van der Waals surface area contributed by atoms with Crippen molar-refractivity contribution in [2.75, 3.05) is 0 Å². The summed E-state index contributed by atoms with van der Waals surface area (Å²) in [6.45, 7) is 5.10. The third-order valence-electron chi connectivity index (χ3n) is 5.94. The highest BCUT2D eigenvalue weighted by molar-refractivity contribution is 6.06. The summed E-state index contributed by atoms with van der Waals surface area (Å²) in [5.74, 6) is -7.40. The lowest BCUT2D eigenvalue weighted by Gasteiger charge is -2.12. The molecular weight excluding hydrogens is 542 g/mol. The number of fused-ring (bicyclic) bond motifs is 1. The number of hydrogen-bond donors (Lipinski definition) is 4. The predicted octanol–water partition coefficient (Wildman–Crippen LogP) is 3.78. The summed E-state index contributed by atoms with van der Waals surface area (Å²) in [6, 6.07) is 9.54. The second-order valence-electron chi connectivity index (χ2n) is 8.54. The third kappa shape index (κ3) is 5.40. The van der Waals surface area contributed by atoms with Gasteiger partial charge in [0, 0.05) is 11.1 Å². The quantitative estimate of drug-likeness (QED) is 0.179. The molecule has 0 aliphatic heterocycles. The minimum Gasteiger partial charge on any atom is -0.478 e. The minimum absolute atomic E-state index is 0.105. The van der Waals surface area contributed by atoms with E-state index >= 15 is 0 Å². The lowest BCUT2D eigenvalue weighted by atomic mass is 9.99. The number of aryl methyl sites for hydroxylation is 1. The van der Waals surface area contributed by atoms with Crippen molar-refractivity contribution in [2.45, 2.75) is 6.92 Å². The number of nitrogens with zero attached hydrogens (tertiary/aromatic N) is 1. The summed E-state index contributed by atoms with van der Waals surface area (Å²) in [5, 5.41) is 36.9. The van der Waals surface area contributed by atoms with E-state index in [9.17, 15) is 49.2 Å². The predicted molar refractivity (Wildman–Crippen MR) is 139 cm³/mol. The minimum atomic E-state index is -1.54. The first-order chi connectivity index (χ1) is 19.3. The van der Waals surface area contributed by atoms with Gasteiger partial charge in [-0.05, 0) is 48.9 Å². The van der Waals surface area contributed by atoms with E-state index in [4.69, 9.17) is 9.15 Å². The van der Waals surface area contributed by atoms with E-state index < -0.39 is 57.7 Å². The Kier molecular flexibility index (Phi) is 7.20. The molecule has 0 amide bonds. The van der Waals surface area contributed by atoms with Gasteiger partial charge in [-0.2, -0.15) is 0 Å². The molecule has 1 aromatic heterocycles. The van der Waals surface area contributed by atoms with E-state index in [2.05, 4.69) is 11.6 Å². The second kappa shape index (κ2) is 10.6. The van der Waals surface area contributed by atoms with Crippen molar-refractivity contribution in [1.29, 1.82) is 0 Å². The highest BCUT2D eigenvalue weighted by Gasteiger charge is 2.23. The molecule has 3 aromatic carbocycles. The maximum atomic E-state index is 12.7. The van der Waals surface area contributed by atoms with Gasteiger partial charge in [-0.3, -0.25) is 0 Å². The Morgan fingerprint density at radius 2 is 1.27 bits per heavy atom. The zero-order valence-corrected chi connectivity index (χ0v) is 20.8. The number of esters is 1. The largest absolute Gasteiger partial charge is 0.478 e. The molecule has 4 N–H and O–H groups in total. The summed E-state index contributed by atoms with van der Waals surface area (Å²) in [7, 11) is 0. The SMILES string of the molecule is C=C(OC(=O)c1cc(C(=O)O)c(C(=O)O)cc1C)c1ccc(-c2nc3cc(C(=O)O)c(C(=O)O)cc3c(=O)o2)cc1. The molecule has 0 spiro atoms. The first kappa shape index (κ1) is 27.9. The van der Waals surface area contributed by atoms with Crippen molar-refractivity contribution in [3.63, 3.8) is 0 Å². The number of aromatic nitrogens is 1. The van der Waals surface area contributed by atoms with Crippen molar-refractivity contribution in [2.24, 2.45) is 0 Å². The van der Waals surface area contributed by atoms with Crippen molar-refractivity contribution < 1.29 is 53.6 Å². The molecule has 41 heavy (non-hydrogen) atoms. The van der Waals surface area contributed by atoms with E-state index in [1.54, 1.807) is 0 Å². The Morgan fingerprint density at radius 1 is 0.756 bits per heavy atom. The zero-order chi connectivity index (χ0) is 30.2. The summed E-state index contributed by atoms with van der Waals surface area (Å²) < 4.78 is 10.5. The van der Waals surface area contributed by atoms with Gasteiger partial charge in [0.15, 0.2) is 0 Å². The summed E-state index contributed by atoms with van der Waals surface area (Å²) in [5.41, 5.74) is -2.76. The molecule has 1 heterocycles. The Hall–Kier alpha value is -6.11. The normalized spacial score (nSPS) is 10.7. The highest BCUT2D eigenvalue weighted by Crippen LogP contribution is 2.25. The number of carbonyl (C=O) groups excluding carboxylic acids is 1. The van der Waals surface area contributed by atoms with Crippen molar-refractivity contribution in [3.05, 3.63) is 104 Å². The van der Waals surface area contributed by atoms with Crippen LogP contribution in [0.4, 0.5) is 0 Å². The van der Waals surface area contributed by atoms with Crippen molar-refractivity contribution in [3.8, 4) is 11.5 Å². The molecule has 0 aliphatic carbocycles. The lowest BCUT2D eigenvalue weighted by molar-refractivity contribution is 0.0648. The lowest BCUT2D eigenvalue weighted by Crippen LogP contribution is -2.13. The van der Waals surface area contributed by atoms with Crippen LogP contribution in [-0.4, -0.2) is 55.3 Å². The number of ether oxygens (including phenoxy) is 1. The van der Waals surface area contributed by atoms with Crippen LogP contribution in [0, 0.1) is 6.92 Å². The number of benzene rings is 3. The van der Waals surface area contributed by atoms with E-state index in [-0.39, 0.29) is 39.2 Å². The van der Waals surface area contributed by atoms with Crippen LogP contribution in [0.3, 0.4) is 0 Å². The summed E-state index contributed by atoms with van der Waals surface area (Å²) >= 11 is 0. The zero-order valence-electron chi connectivity index (χ0n) is 20.8. The maximum Gasteiger partial charge on any atom is 0.347 e. The van der Waals surface area contributed by atoms with E-state index in [1.807, 2.05) is 0 Å². The maximum absolute atomic E-state index is 12.7. The first-order valence-corrected chi connectivity index (χ1v) is 11.4. The van der Waals surface area contributed by atoms with Gasteiger partial charge in [0.25, 0.3) is 0 Å². The van der Waals surface area contributed by atoms with Gasteiger partial charge in [0.2, 0.25) is 5.89 Å². The number of carbonyl (C=O) groups is 5. The fourth-order valence-corrected chi connectivity index (χ4v) is 3.90. The van der Waals surface area contributed by atoms with Gasteiger partial charge in [-0.15, -0.1) is 0 Å². The van der Waals surface area contributed by atoms with Crippen molar-refractivity contribution >= 4 is 46.5 Å². The van der Waals surface area contributed by atoms with Gasteiger partial charge in [0.1, 0.15) is 5.76 Å². The van der Waals surface area contributed by atoms with E-state index in [1.165, 1.54) is 31.2 Å². The number of rotatable bonds is 8. The molecule has 206 valence electrons. The molecule has 0 fully saturated rings. The molecule has 4 rings (SSSR count). The molecular formula is C28H17NO12. The second-order valence-corrected chi connectivity index (χ2v) is 8.54. The van der Waals surface area contributed by atoms with Gasteiger partial charge in [0.05, 0.1) is 38.7 Å². The first-order valence-electron chi connectivity index (χ1n) is 11.4. The Morgan fingerprint density at radius 3 is 1.83 bits per heavy atom. The van der Waals surface area contributed by atoms with Gasteiger partial charge in [-0.1, -0.05) is 18.7 Å². The average Bonchev–Trinajstić information content (AvgIpc) is 2.91. The number of aromatic carboxylic acids is 4. The third-order valence-corrected chi connectivity index (χ3v) is 5.94. The molecule has 0 saturated carbocycles. The van der Waals surface area contributed by atoms with Crippen LogP contribution in [0.1, 0.15) is 62.9 Å². The molecule has 0 radical (unpaired) electrons. The Labute approximate surface area is 228 Å². The molecule has 13 heteroatoms. The van der Waals surface area contributed by atoms with Crippen molar-refractivity contribution in [1.82, 2.24) is 4.98 Å². The fourth-order valence-electron chi connectivity index (χ4n) is 3.90. The number of hydrogen-bond acceptors (Lipinski definition) is 9. The van der Waals surface area contributed by atoms with E-state index in [0.717, 1.165) is 24.3 Å². The Bertz CT molecular complexity index is 1880. The van der Waals surface area contributed by atoms with E-state index in [0.29, 0.717) is 5.56 Å². The molecule has 0 atom stereocenters.